The van der Waals surface area contributed by atoms with Crippen molar-refractivity contribution in [2.45, 2.75) is 13.8 Å². The van der Waals surface area contributed by atoms with Crippen molar-refractivity contribution in [1.82, 2.24) is 10.3 Å². The summed E-state index contributed by atoms with van der Waals surface area (Å²) in [7, 11) is 0. The van der Waals surface area contributed by atoms with Crippen molar-refractivity contribution in [1.29, 1.82) is 0 Å². The van der Waals surface area contributed by atoms with Gasteiger partial charge in [0.2, 0.25) is 5.82 Å². The van der Waals surface area contributed by atoms with E-state index >= 15 is 0 Å². The highest BCUT2D eigenvalue weighted by molar-refractivity contribution is 5.94. The molecular weight excluding hydrogens is 306 g/mol. The number of amides is 1. The molecule has 0 radical (unpaired) electrons. The van der Waals surface area contributed by atoms with Crippen molar-refractivity contribution in [2.75, 3.05) is 11.9 Å². The van der Waals surface area contributed by atoms with Gasteiger partial charge in [0.25, 0.3) is 5.91 Å². The molecule has 3 aromatic rings. The fourth-order valence-corrected chi connectivity index (χ4v) is 2.12. The second-order valence-electron chi connectivity index (χ2n) is 5.48. The minimum atomic E-state index is -0.334. The van der Waals surface area contributed by atoms with Crippen LogP contribution < -0.4 is 10.1 Å². The summed E-state index contributed by atoms with van der Waals surface area (Å²) in [6, 6.07) is 15.2. The average molecular weight is 323 g/mol. The first-order valence-corrected chi connectivity index (χ1v) is 7.51. The second kappa shape index (κ2) is 6.95. The largest absolute Gasteiger partial charge is 0.484 e. The molecule has 122 valence electrons. The van der Waals surface area contributed by atoms with Gasteiger partial charge in [-0.25, -0.2) is 4.63 Å². The smallest absolute Gasteiger partial charge is 0.263 e. The van der Waals surface area contributed by atoms with E-state index < -0.39 is 0 Å². The maximum atomic E-state index is 12.0. The summed E-state index contributed by atoms with van der Waals surface area (Å²) in [5.41, 5.74) is 3.56. The molecule has 6 nitrogen and oxygen atoms in total. The number of carbonyl (C=O) groups excluding carboxylic acids is 1. The summed E-state index contributed by atoms with van der Waals surface area (Å²) >= 11 is 0. The highest BCUT2D eigenvalue weighted by Gasteiger charge is 2.15. The first kappa shape index (κ1) is 15.7. The van der Waals surface area contributed by atoms with Gasteiger partial charge >= 0.3 is 0 Å². The van der Waals surface area contributed by atoms with Crippen molar-refractivity contribution in [3.05, 3.63) is 59.7 Å². The Labute approximate surface area is 139 Å². The molecule has 0 aliphatic carbocycles. The summed E-state index contributed by atoms with van der Waals surface area (Å²) in [4.78, 5) is 12.0. The maximum Gasteiger partial charge on any atom is 0.263 e. The molecule has 0 fully saturated rings. The Hall–Kier alpha value is -3.15. The maximum absolute atomic E-state index is 12.0. The summed E-state index contributed by atoms with van der Waals surface area (Å²) in [6.45, 7) is 3.86. The average Bonchev–Trinajstić information content (AvgIpc) is 3.03. The van der Waals surface area contributed by atoms with E-state index in [-0.39, 0.29) is 18.3 Å². The van der Waals surface area contributed by atoms with Gasteiger partial charge in [-0.15, -0.1) is 0 Å². The van der Waals surface area contributed by atoms with Crippen molar-refractivity contribution in [3.8, 4) is 17.0 Å². The summed E-state index contributed by atoms with van der Waals surface area (Å²) in [6.07, 6.45) is 0. The van der Waals surface area contributed by atoms with Crippen LogP contribution in [0.4, 0.5) is 5.82 Å². The summed E-state index contributed by atoms with van der Waals surface area (Å²) in [5.74, 6) is 0.573. The lowest BCUT2D eigenvalue weighted by molar-refractivity contribution is -0.118. The van der Waals surface area contributed by atoms with Crippen LogP contribution >= 0.6 is 0 Å². The summed E-state index contributed by atoms with van der Waals surface area (Å²) < 4.78 is 10.2. The van der Waals surface area contributed by atoms with E-state index in [1.54, 1.807) is 0 Å². The Bertz CT molecular complexity index is 823. The molecule has 0 saturated carbocycles. The Kier molecular flexibility index (Phi) is 4.56. The second-order valence-corrected chi connectivity index (χ2v) is 5.48. The van der Waals surface area contributed by atoms with Crippen LogP contribution in [0.25, 0.3) is 11.3 Å². The van der Waals surface area contributed by atoms with Crippen LogP contribution in [0, 0.1) is 13.8 Å². The van der Waals surface area contributed by atoms with Gasteiger partial charge in [-0.05, 0) is 36.3 Å². The highest BCUT2D eigenvalue weighted by atomic mass is 16.6. The molecule has 0 atom stereocenters. The van der Waals surface area contributed by atoms with Crippen LogP contribution in [0.2, 0.25) is 0 Å². The van der Waals surface area contributed by atoms with E-state index in [9.17, 15) is 4.79 Å². The number of nitrogens with one attached hydrogen (secondary N) is 1. The number of benzene rings is 2. The lowest BCUT2D eigenvalue weighted by Crippen LogP contribution is -2.20. The third-order valence-corrected chi connectivity index (χ3v) is 3.46. The van der Waals surface area contributed by atoms with Crippen molar-refractivity contribution < 1.29 is 14.2 Å². The third-order valence-electron chi connectivity index (χ3n) is 3.46. The molecule has 1 amide bonds. The lowest BCUT2D eigenvalue weighted by Gasteiger charge is -2.06. The molecular formula is C18H17N3O3. The van der Waals surface area contributed by atoms with Crippen molar-refractivity contribution >= 4 is 11.7 Å². The number of rotatable bonds is 5. The Morgan fingerprint density at radius 2 is 1.62 bits per heavy atom. The number of aryl methyl sites for hydroxylation is 2. The fraction of sp³-hybridized carbons (Fsp3) is 0.167. The van der Waals surface area contributed by atoms with E-state index in [2.05, 4.69) is 15.6 Å². The molecule has 0 saturated heterocycles. The minimum Gasteiger partial charge on any atom is -0.484 e. The quantitative estimate of drug-likeness (QED) is 0.779. The highest BCUT2D eigenvalue weighted by Crippen LogP contribution is 2.24. The fourth-order valence-electron chi connectivity index (χ4n) is 2.12. The molecule has 0 aliphatic heterocycles. The van der Waals surface area contributed by atoms with Crippen LogP contribution in [0.3, 0.4) is 0 Å². The third kappa shape index (κ3) is 3.78. The van der Waals surface area contributed by atoms with E-state index in [0.29, 0.717) is 11.4 Å². The SMILES string of the molecule is Cc1ccc(OCC(=O)Nc2nonc2-c2ccc(C)cc2)cc1. The van der Waals surface area contributed by atoms with Crippen LogP contribution in [0.1, 0.15) is 11.1 Å². The van der Waals surface area contributed by atoms with Crippen LogP contribution in [0.5, 0.6) is 5.75 Å². The van der Waals surface area contributed by atoms with E-state index in [1.165, 1.54) is 0 Å². The number of carbonyl (C=O) groups is 1. The van der Waals surface area contributed by atoms with Gasteiger partial charge in [-0.3, -0.25) is 4.79 Å². The number of aromatic nitrogens is 2. The predicted octanol–water partition coefficient (Wildman–Crippen LogP) is 3.37. The van der Waals surface area contributed by atoms with E-state index in [4.69, 9.17) is 9.37 Å². The minimum absolute atomic E-state index is 0.122. The number of nitrogens with zero attached hydrogens (tertiary/aromatic N) is 2. The van der Waals surface area contributed by atoms with Gasteiger partial charge in [-0.1, -0.05) is 47.5 Å². The van der Waals surface area contributed by atoms with Gasteiger partial charge in [-0.2, -0.15) is 0 Å². The van der Waals surface area contributed by atoms with Crippen LogP contribution in [-0.2, 0) is 4.79 Å². The molecule has 3 rings (SSSR count). The molecule has 0 spiro atoms. The first-order valence-electron chi connectivity index (χ1n) is 7.51. The van der Waals surface area contributed by atoms with Gasteiger partial charge in [0.05, 0.1) is 0 Å². The van der Waals surface area contributed by atoms with Crippen molar-refractivity contribution in [2.24, 2.45) is 0 Å². The molecule has 0 unspecified atom stereocenters. The zero-order valence-electron chi connectivity index (χ0n) is 13.4. The monoisotopic (exact) mass is 323 g/mol. The Balaban J connectivity index is 1.64. The molecule has 24 heavy (non-hydrogen) atoms. The Morgan fingerprint density at radius 3 is 2.29 bits per heavy atom. The van der Waals surface area contributed by atoms with Gasteiger partial charge in [0.1, 0.15) is 5.75 Å². The molecule has 1 heterocycles. The van der Waals surface area contributed by atoms with Crippen molar-refractivity contribution in [3.63, 3.8) is 0 Å². The van der Waals surface area contributed by atoms with E-state index in [0.717, 1.165) is 16.7 Å². The van der Waals surface area contributed by atoms with Gasteiger partial charge < -0.3 is 10.1 Å². The Morgan fingerprint density at radius 1 is 1.00 bits per heavy atom. The zero-order chi connectivity index (χ0) is 16.9. The topological polar surface area (TPSA) is 77.2 Å². The number of hydrogen-bond donors (Lipinski definition) is 1. The number of ether oxygens (including phenoxy) is 1. The number of anilines is 1. The first-order chi connectivity index (χ1) is 11.6. The molecule has 0 aliphatic rings. The van der Waals surface area contributed by atoms with Crippen LogP contribution in [-0.4, -0.2) is 22.8 Å². The zero-order valence-corrected chi connectivity index (χ0v) is 13.4. The lowest BCUT2D eigenvalue weighted by atomic mass is 10.1. The standard InChI is InChI=1S/C18H17N3O3/c1-12-3-7-14(8-4-12)17-18(21-24-20-17)19-16(22)11-23-15-9-5-13(2)6-10-15/h3-10H,11H2,1-2H3,(H,19,21,22). The molecule has 0 bridgehead atoms. The molecule has 1 N–H and O–H groups in total. The molecule has 2 aromatic carbocycles. The van der Waals surface area contributed by atoms with E-state index in [1.807, 2.05) is 62.4 Å². The molecule has 1 aromatic heterocycles. The molecule has 6 heteroatoms. The van der Waals surface area contributed by atoms with Gasteiger partial charge in [0, 0.05) is 5.56 Å². The summed E-state index contributed by atoms with van der Waals surface area (Å²) in [5, 5.41) is 10.3. The van der Waals surface area contributed by atoms with Gasteiger partial charge in [0.15, 0.2) is 12.3 Å². The normalized spacial score (nSPS) is 10.4. The van der Waals surface area contributed by atoms with Crippen LogP contribution in [0.15, 0.2) is 53.2 Å². The predicted molar refractivity (Wildman–Crippen MR) is 89.8 cm³/mol. The number of hydrogen-bond acceptors (Lipinski definition) is 5.